The first-order valence-electron chi connectivity index (χ1n) is 7.81. The Kier molecular flexibility index (Phi) is 8.46. The summed E-state index contributed by atoms with van der Waals surface area (Å²) in [5.41, 5.74) is 7.24. The predicted octanol–water partition coefficient (Wildman–Crippen LogP) is 2.40. The van der Waals surface area contributed by atoms with Gasteiger partial charge < -0.3 is 15.4 Å². The van der Waals surface area contributed by atoms with E-state index >= 15 is 0 Å². The molecule has 0 radical (unpaired) electrons. The van der Waals surface area contributed by atoms with Crippen molar-refractivity contribution in [2.75, 3.05) is 20.3 Å². The van der Waals surface area contributed by atoms with Crippen LogP contribution in [0.25, 0.3) is 0 Å². The summed E-state index contributed by atoms with van der Waals surface area (Å²) in [4.78, 5) is 14.4. The minimum Gasteiger partial charge on any atom is -0.383 e. The second kappa shape index (κ2) is 9.82. The third kappa shape index (κ3) is 5.27. The van der Waals surface area contributed by atoms with Gasteiger partial charge in [0.2, 0.25) is 5.91 Å². The van der Waals surface area contributed by atoms with Gasteiger partial charge in [0.15, 0.2) is 0 Å². The predicted molar refractivity (Wildman–Crippen MR) is 91.2 cm³/mol. The summed E-state index contributed by atoms with van der Waals surface area (Å²) in [5, 5.41) is 0. The van der Waals surface area contributed by atoms with E-state index in [1.54, 1.807) is 7.11 Å². The number of hydrogen-bond acceptors (Lipinski definition) is 3. The minimum absolute atomic E-state index is 0. The number of methoxy groups -OCH3 is 1. The van der Waals surface area contributed by atoms with Crippen LogP contribution in [0.2, 0.25) is 0 Å². The summed E-state index contributed by atoms with van der Waals surface area (Å²) in [7, 11) is 1.58. The van der Waals surface area contributed by atoms with Gasteiger partial charge >= 0.3 is 0 Å². The quantitative estimate of drug-likeness (QED) is 0.873. The van der Waals surface area contributed by atoms with E-state index in [0.29, 0.717) is 12.6 Å². The van der Waals surface area contributed by atoms with Gasteiger partial charge in [0.25, 0.3) is 0 Å². The van der Waals surface area contributed by atoms with Gasteiger partial charge in [-0.3, -0.25) is 4.79 Å². The van der Waals surface area contributed by atoms with Crippen LogP contribution in [0.15, 0.2) is 30.3 Å². The topological polar surface area (TPSA) is 55.6 Å². The number of halogens is 1. The van der Waals surface area contributed by atoms with Crippen LogP contribution in [0.4, 0.5) is 0 Å². The molecule has 1 aromatic rings. The largest absolute Gasteiger partial charge is 0.383 e. The Labute approximate surface area is 139 Å². The molecular formula is C17H27ClN2O2. The molecular weight excluding hydrogens is 300 g/mol. The standard InChI is InChI=1S/C17H26N2O2.ClH/c1-21-13-16(18)17(20)19-12-6-5-9-15(19)11-10-14-7-3-2-4-8-14;/h2-4,7-8,15-16H,5-6,9-13,18H2,1H3;1H. The fourth-order valence-electron chi connectivity index (χ4n) is 3.03. The highest BCUT2D eigenvalue weighted by Crippen LogP contribution is 2.22. The van der Waals surface area contributed by atoms with E-state index < -0.39 is 6.04 Å². The highest BCUT2D eigenvalue weighted by Gasteiger charge is 2.29. The molecule has 0 aliphatic carbocycles. The third-order valence-corrected chi connectivity index (χ3v) is 4.18. The molecule has 22 heavy (non-hydrogen) atoms. The fraction of sp³-hybridized carbons (Fsp3) is 0.588. The molecule has 1 fully saturated rings. The lowest BCUT2D eigenvalue weighted by atomic mass is 9.95. The molecule has 0 bridgehead atoms. The van der Waals surface area contributed by atoms with Crippen molar-refractivity contribution in [2.24, 2.45) is 5.73 Å². The second-order valence-electron chi connectivity index (χ2n) is 5.77. The summed E-state index contributed by atoms with van der Waals surface area (Å²) < 4.78 is 5.01. The maximum atomic E-state index is 12.4. The number of piperidine rings is 1. The van der Waals surface area contributed by atoms with Gasteiger partial charge in [0.1, 0.15) is 6.04 Å². The lowest BCUT2D eigenvalue weighted by molar-refractivity contribution is -0.137. The summed E-state index contributed by atoms with van der Waals surface area (Å²) in [6.45, 7) is 1.12. The average Bonchev–Trinajstić information content (AvgIpc) is 2.54. The number of amides is 1. The van der Waals surface area contributed by atoms with Gasteiger partial charge in [0.05, 0.1) is 6.61 Å². The molecule has 5 heteroatoms. The first-order chi connectivity index (χ1) is 10.2. The Hall–Kier alpha value is -1.10. The van der Waals surface area contributed by atoms with E-state index in [2.05, 4.69) is 24.3 Å². The van der Waals surface area contributed by atoms with Crippen molar-refractivity contribution in [3.05, 3.63) is 35.9 Å². The van der Waals surface area contributed by atoms with Gasteiger partial charge in [-0.05, 0) is 37.7 Å². The molecule has 2 unspecified atom stereocenters. The molecule has 0 spiro atoms. The smallest absolute Gasteiger partial charge is 0.242 e. The fourth-order valence-corrected chi connectivity index (χ4v) is 3.03. The minimum atomic E-state index is -0.535. The summed E-state index contributed by atoms with van der Waals surface area (Å²) >= 11 is 0. The molecule has 1 aliphatic rings. The lowest BCUT2D eigenvalue weighted by Crippen LogP contribution is -2.52. The van der Waals surface area contributed by atoms with Crippen LogP contribution in [-0.4, -0.2) is 43.2 Å². The normalized spacial score (nSPS) is 19.4. The van der Waals surface area contributed by atoms with E-state index in [0.717, 1.165) is 32.2 Å². The highest BCUT2D eigenvalue weighted by molar-refractivity contribution is 5.85. The zero-order valence-corrected chi connectivity index (χ0v) is 14.1. The molecule has 124 valence electrons. The van der Waals surface area contributed by atoms with Gasteiger partial charge in [0, 0.05) is 19.7 Å². The molecule has 1 amide bonds. The van der Waals surface area contributed by atoms with Crippen molar-refractivity contribution in [3.63, 3.8) is 0 Å². The molecule has 1 heterocycles. The van der Waals surface area contributed by atoms with E-state index in [1.165, 1.54) is 12.0 Å². The molecule has 1 saturated heterocycles. The van der Waals surface area contributed by atoms with Gasteiger partial charge in [-0.15, -0.1) is 12.4 Å². The SMILES string of the molecule is COCC(N)C(=O)N1CCCCC1CCc1ccccc1.Cl. The number of nitrogens with zero attached hydrogens (tertiary/aromatic N) is 1. The molecule has 2 N–H and O–H groups in total. The Morgan fingerprint density at radius 2 is 2.09 bits per heavy atom. The van der Waals surface area contributed by atoms with Gasteiger partial charge in [-0.2, -0.15) is 0 Å². The van der Waals surface area contributed by atoms with E-state index in [4.69, 9.17) is 10.5 Å². The van der Waals surface area contributed by atoms with Crippen LogP contribution < -0.4 is 5.73 Å². The van der Waals surface area contributed by atoms with Crippen molar-refractivity contribution in [1.82, 2.24) is 4.90 Å². The number of nitrogens with two attached hydrogens (primary N) is 1. The maximum absolute atomic E-state index is 12.4. The van der Waals surface area contributed by atoms with Crippen molar-refractivity contribution in [3.8, 4) is 0 Å². The Morgan fingerprint density at radius 3 is 2.77 bits per heavy atom. The van der Waals surface area contributed by atoms with Crippen molar-refractivity contribution in [2.45, 2.75) is 44.2 Å². The monoisotopic (exact) mass is 326 g/mol. The molecule has 4 nitrogen and oxygen atoms in total. The average molecular weight is 327 g/mol. The van der Waals surface area contributed by atoms with Crippen LogP contribution >= 0.6 is 12.4 Å². The van der Waals surface area contributed by atoms with Crippen LogP contribution in [0, 0.1) is 0 Å². The number of hydrogen-bond donors (Lipinski definition) is 1. The van der Waals surface area contributed by atoms with Gasteiger partial charge in [-0.25, -0.2) is 0 Å². The van der Waals surface area contributed by atoms with Crippen molar-refractivity contribution in [1.29, 1.82) is 0 Å². The zero-order valence-electron chi connectivity index (χ0n) is 13.2. The zero-order chi connectivity index (χ0) is 15.1. The van der Waals surface area contributed by atoms with Crippen LogP contribution in [-0.2, 0) is 16.0 Å². The number of benzene rings is 1. The van der Waals surface area contributed by atoms with Gasteiger partial charge in [-0.1, -0.05) is 30.3 Å². The first kappa shape index (κ1) is 18.9. The number of ether oxygens (including phenoxy) is 1. The molecule has 2 atom stereocenters. The summed E-state index contributed by atoms with van der Waals surface area (Å²) in [6, 6.07) is 10.2. The Morgan fingerprint density at radius 1 is 1.36 bits per heavy atom. The van der Waals surface area contributed by atoms with Crippen molar-refractivity contribution >= 4 is 18.3 Å². The lowest BCUT2D eigenvalue weighted by Gasteiger charge is -2.37. The van der Waals surface area contributed by atoms with Crippen LogP contribution in [0.5, 0.6) is 0 Å². The molecule has 0 saturated carbocycles. The summed E-state index contributed by atoms with van der Waals surface area (Å²) in [5.74, 6) is 0.0367. The number of likely N-dealkylation sites (tertiary alicyclic amines) is 1. The molecule has 1 aromatic carbocycles. The van der Waals surface area contributed by atoms with Crippen molar-refractivity contribution < 1.29 is 9.53 Å². The molecule has 2 rings (SSSR count). The van der Waals surface area contributed by atoms with E-state index in [1.807, 2.05) is 11.0 Å². The maximum Gasteiger partial charge on any atom is 0.242 e. The van der Waals surface area contributed by atoms with Crippen LogP contribution in [0.3, 0.4) is 0 Å². The number of aryl methyl sites for hydroxylation is 1. The number of carbonyl (C=O) groups is 1. The first-order valence-corrected chi connectivity index (χ1v) is 7.81. The Bertz CT molecular complexity index is 442. The molecule has 0 aromatic heterocycles. The molecule has 1 aliphatic heterocycles. The second-order valence-corrected chi connectivity index (χ2v) is 5.77. The number of carbonyl (C=O) groups excluding carboxylic acids is 1. The number of rotatable bonds is 6. The third-order valence-electron chi connectivity index (χ3n) is 4.18. The summed E-state index contributed by atoms with van der Waals surface area (Å²) in [6.07, 6.45) is 5.37. The van der Waals surface area contributed by atoms with Crippen LogP contribution in [0.1, 0.15) is 31.2 Å². The van der Waals surface area contributed by atoms with E-state index in [9.17, 15) is 4.79 Å². The Balaban J connectivity index is 0.00000242. The highest BCUT2D eigenvalue weighted by atomic mass is 35.5. The van der Waals surface area contributed by atoms with E-state index in [-0.39, 0.29) is 18.3 Å².